The number of halogens is 1. The van der Waals surface area contributed by atoms with Crippen LogP contribution in [0.1, 0.15) is 31.1 Å². The van der Waals surface area contributed by atoms with Crippen molar-refractivity contribution in [1.82, 2.24) is 5.32 Å². The zero-order valence-electron chi connectivity index (χ0n) is 15.7. The maximum atomic E-state index is 12.6. The fourth-order valence-corrected chi connectivity index (χ4v) is 3.21. The number of benzene rings is 2. The lowest BCUT2D eigenvalue weighted by atomic mass is 10.2. The lowest BCUT2D eigenvalue weighted by Crippen LogP contribution is -2.34. The van der Waals surface area contributed by atoms with Gasteiger partial charge >= 0.3 is 0 Å². The molecular weight excluding hydrogens is 426 g/mol. The van der Waals surface area contributed by atoms with E-state index in [0.29, 0.717) is 17.9 Å². The van der Waals surface area contributed by atoms with Gasteiger partial charge < -0.3 is 15.0 Å². The van der Waals surface area contributed by atoms with Crippen LogP contribution in [0.4, 0.5) is 11.4 Å². The molecule has 0 saturated carbocycles. The third kappa shape index (κ3) is 5.94. The highest BCUT2D eigenvalue weighted by Crippen LogP contribution is 2.23. The van der Waals surface area contributed by atoms with Crippen molar-refractivity contribution in [2.75, 3.05) is 29.9 Å². The number of carbonyl (C=O) groups is 1. The molecule has 0 aliphatic carbocycles. The molecule has 0 fully saturated rings. The van der Waals surface area contributed by atoms with Crippen molar-refractivity contribution in [1.29, 1.82) is 0 Å². The highest BCUT2D eigenvalue weighted by atomic mass is 79.9. The molecule has 2 aromatic carbocycles. The van der Waals surface area contributed by atoms with E-state index in [1.165, 1.54) is 0 Å². The second-order valence-electron chi connectivity index (χ2n) is 5.70. The van der Waals surface area contributed by atoms with E-state index in [9.17, 15) is 4.79 Å². The first-order chi connectivity index (χ1) is 13.0. The van der Waals surface area contributed by atoms with Gasteiger partial charge in [0.1, 0.15) is 5.75 Å². The molecule has 5 nitrogen and oxygen atoms in total. The first-order valence-corrected chi connectivity index (χ1v) is 10.1. The number of hydrogen-bond acceptors (Lipinski definition) is 4. The average Bonchev–Trinajstić information content (AvgIpc) is 2.65. The lowest BCUT2D eigenvalue weighted by molar-refractivity contribution is 0.0974. The summed E-state index contributed by atoms with van der Waals surface area (Å²) in [6.45, 7) is 8.50. The Morgan fingerprint density at radius 2 is 1.78 bits per heavy atom. The summed E-state index contributed by atoms with van der Waals surface area (Å²) in [5.41, 5.74) is 2.39. The van der Waals surface area contributed by atoms with Gasteiger partial charge in [-0.05, 0) is 75.5 Å². The van der Waals surface area contributed by atoms with E-state index in [2.05, 4.69) is 45.3 Å². The summed E-state index contributed by atoms with van der Waals surface area (Å²) >= 11 is 8.65. The zero-order valence-corrected chi connectivity index (χ0v) is 18.1. The fraction of sp³-hybridized carbons (Fsp3) is 0.300. The van der Waals surface area contributed by atoms with Crippen molar-refractivity contribution in [3.63, 3.8) is 0 Å². The van der Waals surface area contributed by atoms with Gasteiger partial charge in [0.15, 0.2) is 5.11 Å². The highest BCUT2D eigenvalue weighted by Gasteiger charge is 2.14. The second-order valence-corrected chi connectivity index (χ2v) is 7.02. The van der Waals surface area contributed by atoms with Gasteiger partial charge in [-0.15, -0.1) is 0 Å². The van der Waals surface area contributed by atoms with Crippen molar-refractivity contribution >= 4 is 50.5 Å². The van der Waals surface area contributed by atoms with Crippen molar-refractivity contribution in [3.05, 3.63) is 52.5 Å². The highest BCUT2D eigenvalue weighted by molar-refractivity contribution is 9.10. The predicted molar refractivity (Wildman–Crippen MR) is 119 cm³/mol. The van der Waals surface area contributed by atoms with E-state index >= 15 is 0 Å². The number of anilines is 2. The topological polar surface area (TPSA) is 53.6 Å². The Kier molecular flexibility index (Phi) is 8.06. The van der Waals surface area contributed by atoms with Crippen LogP contribution in [0.2, 0.25) is 0 Å². The molecule has 0 radical (unpaired) electrons. The molecule has 7 heteroatoms. The smallest absolute Gasteiger partial charge is 0.261 e. The van der Waals surface area contributed by atoms with Crippen LogP contribution in [0, 0.1) is 0 Å². The van der Waals surface area contributed by atoms with Crippen molar-refractivity contribution in [2.45, 2.75) is 20.8 Å². The van der Waals surface area contributed by atoms with E-state index in [4.69, 9.17) is 17.0 Å². The van der Waals surface area contributed by atoms with Gasteiger partial charge in [-0.1, -0.05) is 15.9 Å². The van der Waals surface area contributed by atoms with E-state index in [0.717, 1.165) is 28.9 Å². The van der Waals surface area contributed by atoms with E-state index in [1.54, 1.807) is 12.1 Å². The van der Waals surface area contributed by atoms with Gasteiger partial charge in [0.05, 0.1) is 12.2 Å². The first-order valence-electron chi connectivity index (χ1n) is 8.88. The Morgan fingerprint density at radius 3 is 2.37 bits per heavy atom. The maximum absolute atomic E-state index is 12.6. The SMILES string of the molecule is CCOc1ccc(Br)cc1C(=O)NC(=S)Nc1ccc(N(CC)CC)cc1. The summed E-state index contributed by atoms with van der Waals surface area (Å²) in [6, 6.07) is 13.2. The largest absolute Gasteiger partial charge is 0.493 e. The molecule has 0 heterocycles. The van der Waals surface area contributed by atoms with Crippen LogP contribution in [0.25, 0.3) is 0 Å². The molecule has 2 rings (SSSR count). The summed E-state index contributed by atoms with van der Waals surface area (Å²) in [7, 11) is 0. The molecule has 0 atom stereocenters. The molecule has 2 N–H and O–H groups in total. The minimum atomic E-state index is -0.322. The first kappa shape index (κ1) is 21.2. The number of rotatable bonds is 7. The minimum Gasteiger partial charge on any atom is -0.493 e. The number of amides is 1. The third-order valence-electron chi connectivity index (χ3n) is 3.97. The Balaban J connectivity index is 2.03. The second kappa shape index (κ2) is 10.3. The summed E-state index contributed by atoms with van der Waals surface area (Å²) in [5, 5.41) is 5.97. The van der Waals surface area contributed by atoms with E-state index in [1.807, 2.05) is 37.3 Å². The minimum absolute atomic E-state index is 0.234. The van der Waals surface area contributed by atoms with Crippen molar-refractivity contribution < 1.29 is 9.53 Å². The van der Waals surface area contributed by atoms with Crippen LogP contribution in [0.5, 0.6) is 5.75 Å². The van der Waals surface area contributed by atoms with Gasteiger partial charge in [0, 0.05) is 28.9 Å². The van der Waals surface area contributed by atoms with Crippen LogP contribution in [0.3, 0.4) is 0 Å². The van der Waals surface area contributed by atoms with Crippen LogP contribution < -0.4 is 20.3 Å². The summed E-state index contributed by atoms with van der Waals surface area (Å²) in [5.74, 6) is 0.196. The fourth-order valence-electron chi connectivity index (χ4n) is 2.64. The van der Waals surface area contributed by atoms with Crippen LogP contribution in [-0.4, -0.2) is 30.7 Å². The summed E-state index contributed by atoms with van der Waals surface area (Å²) in [4.78, 5) is 14.8. The Morgan fingerprint density at radius 1 is 1.11 bits per heavy atom. The van der Waals surface area contributed by atoms with E-state index < -0.39 is 0 Å². The Hall–Kier alpha value is -2.12. The van der Waals surface area contributed by atoms with Crippen molar-refractivity contribution in [3.8, 4) is 5.75 Å². The Bertz CT molecular complexity index is 792. The van der Waals surface area contributed by atoms with Crippen LogP contribution in [0.15, 0.2) is 46.9 Å². The molecule has 0 saturated heterocycles. The zero-order chi connectivity index (χ0) is 19.8. The van der Waals surface area contributed by atoms with Gasteiger partial charge in [-0.3, -0.25) is 10.1 Å². The number of hydrogen-bond donors (Lipinski definition) is 2. The third-order valence-corrected chi connectivity index (χ3v) is 4.66. The van der Waals surface area contributed by atoms with Crippen molar-refractivity contribution in [2.24, 2.45) is 0 Å². The summed E-state index contributed by atoms with van der Waals surface area (Å²) < 4.78 is 6.31. The van der Waals surface area contributed by atoms with Crippen LogP contribution >= 0.6 is 28.1 Å². The molecular formula is C20H24BrN3O2S. The number of thiocarbonyl (C=S) groups is 1. The normalized spacial score (nSPS) is 10.2. The molecule has 0 unspecified atom stereocenters. The molecule has 0 aromatic heterocycles. The molecule has 27 heavy (non-hydrogen) atoms. The van der Waals surface area contributed by atoms with Crippen LogP contribution in [-0.2, 0) is 0 Å². The number of nitrogens with zero attached hydrogens (tertiary/aromatic N) is 1. The van der Waals surface area contributed by atoms with Gasteiger partial charge in [0.2, 0.25) is 0 Å². The molecule has 0 spiro atoms. The monoisotopic (exact) mass is 449 g/mol. The Labute approximate surface area is 174 Å². The van der Waals surface area contributed by atoms with E-state index in [-0.39, 0.29) is 11.0 Å². The lowest BCUT2D eigenvalue weighted by Gasteiger charge is -2.21. The van der Waals surface area contributed by atoms with Gasteiger partial charge in [-0.2, -0.15) is 0 Å². The molecule has 0 aliphatic rings. The summed E-state index contributed by atoms with van der Waals surface area (Å²) in [6.07, 6.45) is 0. The molecule has 144 valence electrons. The average molecular weight is 450 g/mol. The maximum Gasteiger partial charge on any atom is 0.261 e. The molecule has 0 aliphatic heterocycles. The molecule has 2 aromatic rings. The number of carbonyl (C=O) groups excluding carboxylic acids is 1. The molecule has 0 bridgehead atoms. The quantitative estimate of drug-likeness (QED) is 0.593. The number of ether oxygens (including phenoxy) is 1. The van der Waals surface area contributed by atoms with Gasteiger partial charge in [0.25, 0.3) is 5.91 Å². The standard InChI is InChI=1S/C20H24BrN3O2S/c1-4-24(5-2)16-10-8-15(9-11-16)22-20(27)23-19(25)17-13-14(21)7-12-18(17)26-6-3/h7-13H,4-6H2,1-3H3,(H2,22,23,25,27). The number of nitrogens with one attached hydrogen (secondary N) is 2. The van der Waals surface area contributed by atoms with Gasteiger partial charge in [-0.25, -0.2) is 0 Å². The predicted octanol–water partition coefficient (Wildman–Crippen LogP) is 4.82. The molecule has 1 amide bonds.